The topological polar surface area (TPSA) is 15.3 Å². The number of hydrogen-bond acceptors (Lipinski definition) is 2. The monoisotopic (exact) mass is 250 g/mol. The van der Waals surface area contributed by atoms with Crippen LogP contribution >= 0.6 is 0 Å². The second kappa shape index (κ2) is 6.30. The highest BCUT2D eigenvalue weighted by Gasteiger charge is 2.11. The Labute approximate surface area is 109 Å². The Kier molecular flexibility index (Phi) is 4.72. The Morgan fingerprint density at radius 2 is 2.06 bits per heavy atom. The second-order valence-corrected chi connectivity index (χ2v) is 5.14. The SMILES string of the molecule is Cc1ccc(C(C)F)cc1CCN1CCNCC1. The molecule has 1 aliphatic heterocycles. The number of rotatable bonds is 4. The van der Waals surface area contributed by atoms with Crippen molar-refractivity contribution >= 4 is 0 Å². The van der Waals surface area contributed by atoms with E-state index in [9.17, 15) is 4.39 Å². The van der Waals surface area contributed by atoms with Crippen LogP contribution in [0.4, 0.5) is 4.39 Å². The minimum absolute atomic E-state index is 0.802. The van der Waals surface area contributed by atoms with Gasteiger partial charge in [-0.1, -0.05) is 18.2 Å². The largest absolute Gasteiger partial charge is 0.314 e. The minimum Gasteiger partial charge on any atom is -0.314 e. The third-order valence-electron chi connectivity index (χ3n) is 3.74. The molecule has 0 aromatic heterocycles. The summed E-state index contributed by atoms with van der Waals surface area (Å²) in [6.45, 7) is 9.20. The van der Waals surface area contributed by atoms with E-state index in [1.807, 2.05) is 18.2 Å². The minimum atomic E-state index is -0.872. The molecule has 1 unspecified atom stereocenters. The summed E-state index contributed by atoms with van der Waals surface area (Å²) in [5.41, 5.74) is 3.36. The summed E-state index contributed by atoms with van der Waals surface area (Å²) in [6, 6.07) is 5.97. The number of benzene rings is 1. The first-order chi connectivity index (χ1) is 8.66. The predicted octanol–water partition coefficient (Wildman–Crippen LogP) is 2.47. The molecule has 1 N–H and O–H groups in total. The van der Waals surface area contributed by atoms with Crippen molar-refractivity contribution in [3.05, 3.63) is 34.9 Å². The van der Waals surface area contributed by atoms with E-state index in [2.05, 4.69) is 17.1 Å². The molecule has 1 aliphatic rings. The van der Waals surface area contributed by atoms with Crippen molar-refractivity contribution in [2.45, 2.75) is 26.4 Å². The summed E-state index contributed by atoms with van der Waals surface area (Å²) < 4.78 is 13.3. The van der Waals surface area contributed by atoms with E-state index in [0.717, 1.165) is 44.7 Å². The van der Waals surface area contributed by atoms with Gasteiger partial charge >= 0.3 is 0 Å². The summed E-state index contributed by atoms with van der Waals surface area (Å²) >= 11 is 0. The average molecular weight is 250 g/mol. The van der Waals surface area contributed by atoms with Crippen molar-refractivity contribution in [1.82, 2.24) is 10.2 Å². The molecule has 3 heteroatoms. The number of piperazine rings is 1. The molecule has 18 heavy (non-hydrogen) atoms. The number of aryl methyl sites for hydroxylation is 1. The van der Waals surface area contributed by atoms with Gasteiger partial charge in [0.25, 0.3) is 0 Å². The maximum absolute atomic E-state index is 13.3. The van der Waals surface area contributed by atoms with Crippen molar-refractivity contribution in [2.24, 2.45) is 0 Å². The zero-order valence-electron chi connectivity index (χ0n) is 11.4. The van der Waals surface area contributed by atoms with Gasteiger partial charge in [0, 0.05) is 32.7 Å². The lowest BCUT2D eigenvalue weighted by molar-refractivity contribution is 0.243. The van der Waals surface area contributed by atoms with Crippen molar-refractivity contribution in [3.63, 3.8) is 0 Å². The Hall–Kier alpha value is -0.930. The van der Waals surface area contributed by atoms with Crippen LogP contribution in [0.5, 0.6) is 0 Å². The molecule has 1 heterocycles. The van der Waals surface area contributed by atoms with Gasteiger partial charge in [0.1, 0.15) is 6.17 Å². The summed E-state index contributed by atoms with van der Waals surface area (Å²) in [5.74, 6) is 0. The highest BCUT2D eigenvalue weighted by atomic mass is 19.1. The van der Waals surface area contributed by atoms with Gasteiger partial charge in [-0.15, -0.1) is 0 Å². The van der Waals surface area contributed by atoms with E-state index in [4.69, 9.17) is 0 Å². The van der Waals surface area contributed by atoms with Gasteiger partial charge in [0.05, 0.1) is 0 Å². The molecule has 100 valence electrons. The van der Waals surface area contributed by atoms with Crippen LogP contribution in [0.2, 0.25) is 0 Å². The van der Waals surface area contributed by atoms with Gasteiger partial charge in [-0.25, -0.2) is 4.39 Å². The number of halogens is 1. The van der Waals surface area contributed by atoms with Crippen LogP contribution in [0.3, 0.4) is 0 Å². The first-order valence-corrected chi connectivity index (χ1v) is 6.83. The van der Waals surface area contributed by atoms with Crippen LogP contribution in [0.25, 0.3) is 0 Å². The molecule has 1 saturated heterocycles. The summed E-state index contributed by atoms with van der Waals surface area (Å²) in [5, 5.41) is 3.36. The Morgan fingerprint density at radius 1 is 1.33 bits per heavy atom. The molecule has 0 saturated carbocycles. The number of nitrogens with one attached hydrogen (secondary N) is 1. The maximum atomic E-state index is 13.3. The quantitative estimate of drug-likeness (QED) is 0.883. The molecular weight excluding hydrogens is 227 g/mol. The van der Waals surface area contributed by atoms with Crippen LogP contribution in [-0.2, 0) is 6.42 Å². The van der Waals surface area contributed by atoms with Crippen LogP contribution in [0.1, 0.15) is 29.8 Å². The molecule has 0 aliphatic carbocycles. The summed E-state index contributed by atoms with van der Waals surface area (Å²) in [6.07, 6.45) is 0.149. The first-order valence-electron chi connectivity index (χ1n) is 6.83. The summed E-state index contributed by atoms with van der Waals surface area (Å²) in [7, 11) is 0. The van der Waals surface area contributed by atoms with Crippen molar-refractivity contribution < 1.29 is 4.39 Å². The third-order valence-corrected chi connectivity index (χ3v) is 3.74. The molecule has 1 aromatic carbocycles. The molecule has 0 spiro atoms. The molecule has 0 radical (unpaired) electrons. The first kappa shape index (κ1) is 13.5. The van der Waals surface area contributed by atoms with Gasteiger partial charge in [-0.3, -0.25) is 0 Å². The van der Waals surface area contributed by atoms with Crippen molar-refractivity contribution in [2.75, 3.05) is 32.7 Å². The van der Waals surface area contributed by atoms with E-state index in [0.29, 0.717) is 0 Å². The molecule has 1 fully saturated rings. The Balaban J connectivity index is 1.97. The maximum Gasteiger partial charge on any atom is 0.122 e. The molecule has 2 rings (SSSR count). The normalized spacial score (nSPS) is 18.8. The molecule has 0 amide bonds. The van der Waals surface area contributed by atoms with Gasteiger partial charge in [0.15, 0.2) is 0 Å². The van der Waals surface area contributed by atoms with E-state index in [1.165, 1.54) is 11.1 Å². The third kappa shape index (κ3) is 3.53. The van der Waals surface area contributed by atoms with Gasteiger partial charge in [-0.05, 0) is 37.0 Å². The molecule has 1 atom stereocenters. The van der Waals surface area contributed by atoms with Crippen LogP contribution in [0.15, 0.2) is 18.2 Å². The Bertz CT molecular complexity index is 384. The fraction of sp³-hybridized carbons (Fsp3) is 0.600. The van der Waals surface area contributed by atoms with Gasteiger partial charge in [-0.2, -0.15) is 0 Å². The molecule has 1 aromatic rings. The lowest BCUT2D eigenvalue weighted by Gasteiger charge is -2.27. The zero-order chi connectivity index (χ0) is 13.0. The van der Waals surface area contributed by atoms with Crippen molar-refractivity contribution in [1.29, 1.82) is 0 Å². The lowest BCUT2D eigenvalue weighted by atomic mass is 10.0. The zero-order valence-corrected chi connectivity index (χ0v) is 11.4. The highest BCUT2D eigenvalue weighted by Crippen LogP contribution is 2.20. The Morgan fingerprint density at radius 3 is 2.72 bits per heavy atom. The standard InChI is InChI=1S/C15H23FN2/c1-12-3-4-15(13(2)16)11-14(12)5-8-18-9-6-17-7-10-18/h3-4,11,13,17H,5-10H2,1-2H3. The van der Waals surface area contributed by atoms with Crippen LogP contribution in [-0.4, -0.2) is 37.6 Å². The molecular formula is C15H23FN2. The van der Waals surface area contributed by atoms with Crippen molar-refractivity contribution in [3.8, 4) is 0 Å². The van der Waals surface area contributed by atoms with Gasteiger partial charge < -0.3 is 10.2 Å². The second-order valence-electron chi connectivity index (χ2n) is 5.14. The summed E-state index contributed by atoms with van der Waals surface area (Å²) in [4.78, 5) is 2.47. The smallest absolute Gasteiger partial charge is 0.122 e. The fourth-order valence-corrected chi connectivity index (χ4v) is 2.42. The molecule has 0 bridgehead atoms. The number of alkyl halides is 1. The van der Waals surface area contributed by atoms with E-state index in [-0.39, 0.29) is 0 Å². The highest BCUT2D eigenvalue weighted by molar-refractivity contribution is 5.32. The average Bonchev–Trinajstić information content (AvgIpc) is 2.38. The van der Waals surface area contributed by atoms with Gasteiger partial charge in [0.2, 0.25) is 0 Å². The predicted molar refractivity (Wildman–Crippen MR) is 73.7 cm³/mol. The van der Waals surface area contributed by atoms with E-state index < -0.39 is 6.17 Å². The van der Waals surface area contributed by atoms with E-state index in [1.54, 1.807) is 6.92 Å². The van der Waals surface area contributed by atoms with Crippen LogP contribution < -0.4 is 5.32 Å². The lowest BCUT2D eigenvalue weighted by Crippen LogP contribution is -2.44. The van der Waals surface area contributed by atoms with E-state index >= 15 is 0 Å². The number of hydrogen-bond donors (Lipinski definition) is 1. The number of nitrogens with zero attached hydrogens (tertiary/aromatic N) is 1. The molecule has 2 nitrogen and oxygen atoms in total. The van der Waals surface area contributed by atoms with Crippen LogP contribution in [0, 0.1) is 6.92 Å². The fourth-order valence-electron chi connectivity index (χ4n) is 2.42.